The van der Waals surface area contributed by atoms with Crippen LogP contribution in [0.15, 0.2) is 18.2 Å². The van der Waals surface area contributed by atoms with Crippen molar-refractivity contribution in [3.05, 3.63) is 35.1 Å². The molecule has 1 aromatic rings. The second kappa shape index (κ2) is 7.45. The SMILES string of the molecule is CN(CCC#N)Cc1ccc(F)cc1C#CCN. The van der Waals surface area contributed by atoms with E-state index in [0.29, 0.717) is 25.1 Å². The van der Waals surface area contributed by atoms with Crippen LogP contribution >= 0.6 is 0 Å². The van der Waals surface area contributed by atoms with Gasteiger partial charge in [0.1, 0.15) is 5.82 Å². The van der Waals surface area contributed by atoms with Crippen LogP contribution in [0.25, 0.3) is 0 Å². The van der Waals surface area contributed by atoms with Crippen LogP contribution in [0.1, 0.15) is 17.5 Å². The molecule has 0 aromatic heterocycles. The fraction of sp³-hybridized carbons (Fsp3) is 0.357. The molecule has 0 unspecified atom stereocenters. The second-order valence-electron chi connectivity index (χ2n) is 3.95. The van der Waals surface area contributed by atoms with E-state index in [-0.39, 0.29) is 12.4 Å². The lowest BCUT2D eigenvalue weighted by molar-refractivity contribution is 0.334. The highest BCUT2D eigenvalue weighted by molar-refractivity contribution is 5.41. The zero-order valence-corrected chi connectivity index (χ0v) is 10.4. The largest absolute Gasteiger partial charge is 0.320 e. The molecule has 0 saturated heterocycles. The van der Waals surface area contributed by atoms with Crippen LogP contribution < -0.4 is 5.73 Å². The quantitative estimate of drug-likeness (QED) is 0.817. The molecule has 0 radical (unpaired) electrons. The van der Waals surface area contributed by atoms with Crippen molar-refractivity contribution in [1.29, 1.82) is 5.26 Å². The zero-order chi connectivity index (χ0) is 13.4. The Labute approximate surface area is 107 Å². The van der Waals surface area contributed by atoms with E-state index in [9.17, 15) is 4.39 Å². The number of hydrogen-bond acceptors (Lipinski definition) is 3. The zero-order valence-electron chi connectivity index (χ0n) is 10.4. The van der Waals surface area contributed by atoms with Gasteiger partial charge in [0.25, 0.3) is 0 Å². The lowest BCUT2D eigenvalue weighted by Gasteiger charge is -2.16. The molecule has 4 heteroatoms. The minimum atomic E-state index is -0.306. The van der Waals surface area contributed by atoms with Crippen LogP contribution in [0.4, 0.5) is 4.39 Å². The molecule has 0 aliphatic heterocycles. The van der Waals surface area contributed by atoms with Crippen molar-refractivity contribution in [2.75, 3.05) is 20.1 Å². The van der Waals surface area contributed by atoms with Gasteiger partial charge < -0.3 is 10.6 Å². The van der Waals surface area contributed by atoms with E-state index in [1.807, 2.05) is 11.9 Å². The Kier molecular flexibility index (Phi) is 5.87. The predicted molar refractivity (Wildman–Crippen MR) is 68.9 cm³/mol. The Morgan fingerprint density at radius 2 is 2.22 bits per heavy atom. The van der Waals surface area contributed by atoms with E-state index in [0.717, 1.165) is 5.56 Å². The summed E-state index contributed by atoms with van der Waals surface area (Å²) < 4.78 is 13.2. The predicted octanol–water partition coefficient (Wildman–Crippen LogP) is 1.48. The number of hydrogen-bond donors (Lipinski definition) is 1. The summed E-state index contributed by atoms with van der Waals surface area (Å²) in [6, 6.07) is 6.65. The normalized spacial score (nSPS) is 9.72. The highest BCUT2D eigenvalue weighted by Gasteiger charge is 2.05. The first-order valence-corrected chi connectivity index (χ1v) is 5.70. The molecule has 0 aliphatic carbocycles. The molecule has 3 nitrogen and oxygen atoms in total. The third-order valence-electron chi connectivity index (χ3n) is 2.44. The van der Waals surface area contributed by atoms with Gasteiger partial charge in [-0.05, 0) is 24.7 Å². The number of benzene rings is 1. The molecular weight excluding hydrogens is 229 g/mol. The monoisotopic (exact) mass is 245 g/mol. The summed E-state index contributed by atoms with van der Waals surface area (Å²) in [7, 11) is 1.92. The Balaban J connectivity index is 2.84. The molecule has 0 spiro atoms. The second-order valence-corrected chi connectivity index (χ2v) is 3.95. The molecule has 18 heavy (non-hydrogen) atoms. The average Bonchev–Trinajstić information content (AvgIpc) is 2.36. The smallest absolute Gasteiger partial charge is 0.124 e. The van der Waals surface area contributed by atoms with Crippen molar-refractivity contribution in [2.45, 2.75) is 13.0 Å². The molecule has 1 aromatic carbocycles. The minimum Gasteiger partial charge on any atom is -0.320 e. The van der Waals surface area contributed by atoms with E-state index in [1.165, 1.54) is 12.1 Å². The Morgan fingerprint density at radius 3 is 2.89 bits per heavy atom. The number of halogens is 1. The first-order valence-electron chi connectivity index (χ1n) is 5.70. The molecule has 0 fully saturated rings. The van der Waals surface area contributed by atoms with E-state index >= 15 is 0 Å². The molecule has 0 saturated carbocycles. The van der Waals surface area contributed by atoms with E-state index in [4.69, 9.17) is 11.0 Å². The average molecular weight is 245 g/mol. The van der Waals surface area contributed by atoms with Gasteiger partial charge in [-0.3, -0.25) is 0 Å². The maximum atomic E-state index is 13.2. The van der Waals surface area contributed by atoms with Gasteiger partial charge in [0, 0.05) is 25.1 Å². The fourth-order valence-electron chi connectivity index (χ4n) is 1.56. The van der Waals surface area contributed by atoms with Crippen LogP contribution in [-0.2, 0) is 6.54 Å². The van der Waals surface area contributed by atoms with Crippen LogP contribution in [-0.4, -0.2) is 25.0 Å². The number of nitrogens with zero attached hydrogens (tertiary/aromatic N) is 2. The Bertz CT molecular complexity index is 494. The highest BCUT2D eigenvalue weighted by Crippen LogP contribution is 2.12. The van der Waals surface area contributed by atoms with Crippen molar-refractivity contribution < 1.29 is 4.39 Å². The van der Waals surface area contributed by atoms with Gasteiger partial charge in [-0.2, -0.15) is 5.26 Å². The summed E-state index contributed by atoms with van der Waals surface area (Å²) in [5.41, 5.74) is 6.92. The fourth-order valence-corrected chi connectivity index (χ4v) is 1.56. The number of rotatable bonds is 4. The van der Waals surface area contributed by atoms with Gasteiger partial charge in [-0.15, -0.1) is 0 Å². The van der Waals surface area contributed by atoms with Crippen LogP contribution in [0.5, 0.6) is 0 Å². The standard InChI is InChI=1S/C14H16FN3/c1-18(9-3-8-17)11-13-5-6-14(15)10-12(13)4-2-7-16/h5-6,10H,3,7,9,11,16H2,1H3. The van der Waals surface area contributed by atoms with Gasteiger partial charge in [0.15, 0.2) is 0 Å². The van der Waals surface area contributed by atoms with E-state index in [2.05, 4.69) is 17.9 Å². The van der Waals surface area contributed by atoms with Gasteiger partial charge in [-0.25, -0.2) is 4.39 Å². The molecule has 0 aliphatic rings. The molecule has 0 atom stereocenters. The van der Waals surface area contributed by atoms with Crippen LogP contribution in [0, 0.1) is 29.0 Å². The van der Waals surface area contributed by atoms with Gasteiger partial charge >= 0.3 is 0 Å². The third kappa shape index (κ3) is 4.55. The summed E-state index contributed by atoms with van der Waals surface area (Å²) >= 11 is 0. The highest BCUT2D eigenvalue weighted by atomic mass is 19.1. The summed E-state index contributed by atoms with van der Waals surface area (Å²) in [5.74, 6) is 5.29. The summed E-state index contributed by atoms with van der Waals surface area (Å²) in [4.78, 5) is 2.00. The lowest BCUT2D eigenvalue weighted by atomic mass is 10.1. The van der Waals surface area contributed by atoms with E-state index < -0.39 is 0 Å². The maximum Gasteiger partial charge on any atom is 0.124 e. The maximum absolute atomic E-state index is 13.2. The Hall–Kier alpha value is -1.88. The minimum absolute atomic E-state index is 0.250. The molecule has 0 bridgehead atoms. The molecule has 2 N–H and O–H groups in total. The molecule has 1 rings (SSSR count). The van der Waals surface area contributed by atoms with Crippen molar-refractivity contribution in [1.82, 2.24) is 4.90 Å². The van der Waals surface area contributed by atoms with Gasteiger partial charge in [0.2, 0.25) is 0 Å². The topological polar surface area (TPSA) is 53.0 Å². The van der Waals surface area contributed by atoms with Crippen LogP contribution in [0.3, 0.4) is 0 Å². The number of nitrogens with two attached hydrogens (primary N) is 1. The summed E-state index contributed by atoms with van der Waals surface area (Å²) in [6.07, 6.45) is 0.474. The summed E-state index contributed by atoms with van der Waals surface area (Å²) in [6.45, 7) is 1.56. The third-order valence-corrected chi connectivity index (χ3v) is 2.44. The van der Waals surface area contributed by atoms with Crippen molar-refractivity contribution in [3.63, 3.8) is 0 Å². The molecule has 94 valence electrons. The van der Waals surface area contributed by atoms with Crippen molar-refractivity contribution >= 4 is 0 Å². The van der Waals surface area contributed by atoms with Gasteiger partial charge in [-0.1, -0.05) is 17.9 Å². The van der Waals surface area contributed by atoms with E-state index in [1.54, 1.807) is 6.07 Å². The Morgan fingerprint density at radius 1 is 1.44 bits per heavy atom. The first kappa shape index (κ1) is 14.2. The lowest BCUT2D eigenvalue weighted by Crippen LogP contribution is -2.19. The molecule has 0 heterocycles. The first-order chi connectivity index (χ1) is 8.67. The van der Waals surface area contributed by atoms with Crippen LogP contribution in [0.2, 0.25) is 0 Å². The number of nitriles is 1. The van der Waals surface area contributed by atoms with Crippen molar-refractivity contribution in [3.8, 4) is 17.9 Å². The molecule has 0 amide bonds. The molecular formula is C14H16FN3. The summed E-state index contributed by atoms with van der Waals surface area (Å²) in [5, 5.41) is 8.53. The van der Waals surface area contributed by atoms with Gasteiger partial charge in [0.05, 0.1) is 12.6 Å². The van der Waals surface area contributed by atoms with Crippen molar-refractivity contribution in [2.24, 2.45) is 5.73 Å².